The zero-order valence-electron chi connectivity index (χ0n) is 24.0. The van der Waals surface area contributed by atoms with E-state index in [1.807, 2.05) is 18.4 Å². The molecule has 0 aromatic heterocycles. The molecule has 0 bridgehead atoms. The Kier molecular flexibility index (Phi) is 10.1. The first-order valence-electron chi connectivity index (χ1n) is 13.9. The molecule has 0 radical (unpaired) electrons. The van der Waals surface area contributed by atoms with Gasteiger partial charge in [-0.1, -0.05) is 59.1 Å². The largest absolute Gasteiger partial charge is 0.496 e. The third kappa shape index (κ3) is 5.14. The van der Waals surface area contributed by atoms with Gasteiger partial charge in [0.05, 0.1) is 26.1 Å². The monoisotopic (exact) mass is 550 g/mol. The SMILES string of the molecule is CCCCCNC[N+](=C(N)C(C)CC)C1C(CC)C(=O)CC(C)C12Oc1c(Cl)c(OC)cc(OC)c1C2=O. The number of unbranched alkanes of at least 4 members (excludes halogenated alkanes) is 2. The van der Waals surface area contributed by atoms with Gasteiger partial charge in [0.2, 0.25) is 17.2 Å². The molecular formula is C29H45ClN3O5+. The summed E-state index contributed by atoms with van der Waals surface area (Å²) < 4.78 is 19.8. The normalized spacial score (nSPS) is 26.2. The van der Waals surface area contributed by atoms with Crippen LogP contribution in [0.2, 0.25) is 5.02 Å². The van der Waals surface area contributed by atoms with Crippen molar-refractivity contribution in [3.8, 4) is 17.2 Å². The van der Waals surface area contributed by atoms with E-state index in [0.29, 0.717) is 30.4 Å². The van der Waals surface area contributed by atoms with E-state index in [9.17, 15) is 9.59 Å². The Labute approximate surface area is 232 Å². The van der Waals surface area contributed by atoms with Crippen LogP contribution < -0.4 is 25.3 Å². The number of hydrogen-bond donors (Lipinski definition) is 2. The van der Waals surface area contributed by atoms with Crippen LogP contribution in [0, 0.1) is 17.8 Å². The van der Waals surface area contributed by atoms with E-state index in [-0.39, 0.29) is 40.2 Å². The standard InChI is InChI=1S/C29H44ClN3O5/c1-8-11-12-13-32-16-33(28(31)17(4)9-2)26-19(10-3)20(34)14-18(5)29(26)27(35)23-21(36-6)15-22(37-7)24(30)25(23)38-29/h15,17-19,26,31-32H,8-14,16H2,1-7H3/p+1. The summed E-state index contributed by atoms with van der Waals surface area (Å²) in [6.07, 6.45) is 4.88. The number of halogens is 1. The minimum absolute atomic E-state index is 0.0476. The van der Waals surface area contributed by atoms with Crippen molar-refractivity contribution in [3.63, 3.8) is 0 Å². The Morgan fingerprint density at radius 3 is 2.50 bits per heavy atom. The van der Waals surface area contributed by atoms with Crippen LogP contribution in [-0.4, -0.2) is 61.1 Å². The van der Waals surface area contributed by atoms with E-state index in [2.05, 4.69) is 26.1 Å². The van der Waals surface area contributed by atoms with Crippen LogP contribution in [0.5, 0.6) is 17.2 Å². The number of carbonyl (C=O) groups excluding carboxylic acids is 2. The second-order valence-electron chi connectivity index (χ2n) is 10.6. The maximum atomic E-state index is 14.6. The molecular weight excluding hydrogens is 506 g/mol. The van der Waals surface area contributed by atoms with Crippen LogP contribution in [0.15, 0.2) is 6.07 Å². The third-order valence-electron chi connectivity index (χ3n) is 8.38. The number of ketones is 2. The van der Waals surface area contributed by atoms with Crippen LogP contribution in [-0.2, 0) is 4.79 Å². The highest BCUT2D eigenvalue weighted by atomic mass is 35.5. The predicted molar refractivity (Wildman–Crippen MR) is 150 cm³/mol. The lowest BCUT2D eigenvalue weighted by Gasteiger charge is -2.46. The van der Waals surface area contributed by atoms with E-state index in [4.69, 9.17) is 31.5 Å². The maximum Gasteiger partial charge on any atom is 0.246 e. The lowest BCUT2D eigenvalue weighted by atomic mass is 9.64. The summed E-state index contributed by atoms with van der Waals surface area (Å²) in [5.41, 5.74) is 5.76. The summed E-state index contributed by atoms with van der Waals surface area (Å²) >= 11 is 6.71. The molecule has 1 aromatic rings. The smallest absolute Gasteiger partial charge is 0.246 e. The van der Waals surface area contributed by atoms with Crippen molar-refractivity contribution in [3.05, 3.63) is 16.7 Å². The number of Topliss-reactive ketones (excluding diaryl/α,β-unsaturated/α-hetero) is 2. The van der Waals surface area contributed by atoms with Gasteiger partial charge >= 0.3 is 0 Å². The Balaban J connectivity index is 2.24. The van der Waals surface area contributed by atoms with Gasteiger partial charge in [-0.2, -0.15) is 0 Å². The van der Waals surface area contributed by atoms with Crippen LogP contribution in [0.25, 0.3) is 0 Å². The Morgan fingerprint density at radius 1 is 1.24 bits per heavy atom. The minimum Gasteiger partial charge on any atom is -0.496 e. The zero-order chi connectivity index (χ0) is 28.2. The highest BCUT2D eigenvalue weighted by Gasteiger charge is 2.67. The number of benzene rings is 1. The van der Waals surface area contributed by atoms with Crippen molar-refractivity contribution in [2.45, 2.75) is 84.8 Å². The van der Waals surface area contributed by atoms with Gasteiger partial charge in [-0.05, 0) is 25.8 Å². The second kappa shape index (κ2) is 12.7. The van der Waals surface area contributed by atoms with Gasteiger partial charge in [0.25, 0.3) is 0 Å². The van der Waals surface area contributed by atoms with Gasteiger partial charge in [-0.25, -0.2) is 4.58 Å². The molecule has 1 aliphatic heterocycles. The summed E-state index contributed by atoms with van der Waals surface area (Å²) in [4.78, 5) is 28.1. The molecule has 1 spiro atoms. The van der Waals surface area contributed by atoms with Gasteiger partial charge in [-0.3, -0.25) is 20.6 Å². The zero-order valence-corrected chi connectivity index (χ0v) is 24.7. The van der Waals surface area contributed by atoms with E-state index >= 15 is 0 Å². The molecule has 3 rings (SSSR count). The number of methoxy groups -OCH3 is 2. The maximum absolute atomic E-state index is 14.6. The molecule has 2 aliphatic rings. The molecule has 5 unspecified atom stereocenters. The van der Waals surface area contributed by atoms with Crippen molar-refractivity contribution < 1.29 is 28.4 Å². The molecule has 0 saturated heterocycles. The third-order valence-corrected chi connectivity index (χ3v) is 8.74. The number of hydrogen-bond acceptors (Lipinski definition) is 6. The van der Waals surface area contributed by atoms with Gasteiger partial charge in [0.15, 0.2) is 11.8 Å². The minimum atomic E-state index is -1.37. The lowest BCUT2D eigenvalue weighted by molar-refractivity contribution is -0.596. The van der Waals surface area contributed by atoms with Crippen molar-refractivity contribution in [1.29, 1.82) is 0 Å². The van der Waals surface area contributed by atoms with Crippen molar-refractivity contribution in [1.82, 2.24) is 5.32 Å². The molecule has 38 heavy (non-hydrogen) atoms. The van der Waals surface area contributed by atoms with Gasteiger partial charge in [-0.15, -0.1) is 0 Å². The first-order valence-corrected chi connectivity index (χ1v) is 14.3. The van der Waals surface area contributed by atoms with Crippen molar-refractivity contribution >= 4 is 29.0 Å². The number of amidine groups is 1. The molecule has 212 valence electrons. The Hall–Kier alpha value is -2.32. The molecule has 3 N–H and O–H groups in total. The molecule has 9 heteroatoms. The van der Waals surface area contributed by atoms with Gasteiger partial charge in [0.1, 0.15) is 34.5 Å². The fourth-order valence-corrected chi connectivity index (χ4v) is 6.22. The highest BCUT2D eigenvalue weighted by molar-refractivity contribution is 6.35. The molecule has 1 aliphatic carbocycles. The van der Waals surface area contributed by atoms with Gasteiger partial charge in [0, 0.05) is 18.4 Å². The number of ether oxygens (including phenoxy) is 3. The van der Waals surface area contributed by atoms with Crippen molar-refractivity contribution in [2.24, 2.45) is 23.5 Å². The number of fused-ring (bicyclic) bond motifs is 1. The molecule has 5 atom stereocenters. The number of nitrogens with one attached hydrogen (secondary N) is 1. The van der Waals surface area contributed by atoms with E-state index in [0.717, 1.165) is 32.2 Å². The van der Waals surface area contributed by atoms with E-state index in [1.54, 1.807) is 6.07 Å². The van der Waals surface area contributed by atoms with E-state index in [1.165, 1.54) is 14.2 Å². The quantitative estimate of drug-likeness (QED) is 0.126. The Morgan fingerprint density at radius 2 is 1.92 bits per heavy atom. The Bertz CT molecular complexity index is 1070. The average Bonchev–Trinajstić information content (AvgIpc) is 3.22. The molecule has 1 saturated carbocycles. The summed E-state index contributed by atoms with van der Waals surface area (Å²) in [6.45, 7) is 11.4. The first kappa shape index (κ1) is 30.2. The molecule has 1 aromatic carbocycles. The van der Waals surface area contributed by atoms with Crippen LogP contribution in [0.3, 0.4) is 0 Å². The molecule has 8 nitrogen and oxygen atoms in total. The fourth-order valence-electron chi connectivity index (χ4n) is 5.95. The number of carbonyl (C=O) groups is 2. The van der Waals surface area contributed by atoms with Crippen molar-refractivity contribution in [2.75, 3.05) is 27.4 Å². The first-order chi connectivity index (χ1) is 18.1. The van der Waals surface area contributed by atoms with E-state index < -0.39 is 23.5 Å². The number of nitrogens with zero attached hydrogens (tertiary/aromatic N) is 1. The molecule has 0 amide bonds. The number of rotatable bonds is 12. The summed E-state index contributed by atoms with van der Waals surface area (Å²) in [5.74, 6) is 0.647. The number of nitrogens with two attached hydrogens (primary N) is 1. The topological polar surface area (TPSA) is 103 Å². The highest BCUT2D eigenvalue weighted by Crippen LogP contribution is 2.55. The summed E-state index contributed by atoms with van der Waals surface area (Å²) in [5, 5.41) is 3.74. The van der Waals surface area contributed by atoms with Crippen LogP contribution in [0.1, 0.15) is 83.5 Å². The average molecular weight is 551 g/mol. The summed E-state index contributed by atoms with van der Waals surface area (Å²) in [6, 6.07) is 0.988. The second-order valence-corrected chi connectivity index (χ2v) is 11.0. The van der Waals surface area contributed by atoms with Crippen LogP contribution >= 0.6 is 11.6 Å². The fraction of sp³-hybridized carbons (Fsp3) is 0.690. The predicted octanol–water partition coefficient (Wildman–Crippen LogP) is 4.83. The van der Waals surface area contributed by atoms with Crippen LogP contribution in [0.4, 0.5) is 0 Å². The molecule has 1 fully saturated rings. The lowest BCUT2D eigenvalue weighted by Crippen LogP contribution is -2.69. The molecule has 1 heterocycles. The summed E-state index contributed by atoms with van der Waals surface area (Å²) in [7, 11) is 3.01. The van der Waals surface area contributed by atoms with Gasteiger partial charge < -0.3 is 14.2 Å².